The third-order valence-electron chi connectivity index (χ3n) is 2.83. The molecule has 0 aromatic carbocycles. The van der Waals surface area contributed by atoms with Crippen molar-refractivity contribution >= 4 is 11.8 Å². The Hall–Kier alpha value is -0.740. The Bertz CT molecular complexity index is 382. The van der Waals surface area contributed by atoms with Gasteiger partial charge in [-0.05, 0) is 24.7 Å². The first-order chi connectivity index (χ1) is 7.31. The first-order valence-corrected chi connectivity index (χ1v) is 6.46. The minimum atomic E-state index is -0.0226. The van der Waals surface area contributed by atoms with E-state index < -0.39 is 0 Å². The van der Waals surface area contributed by atoms with Gasteiger partial charge in [-0.25, -0.2) is 0 Å². The molecule has 0 aliphatic carbocycles. The molecule has 0 spiro atoms. The monoisotopic (exact) mass is 224 g/mol. The molecule has 1 aliphatic heterocycles. The fourth-order valence-electron chi connectivity index (χ4n) is 1.90. The lowest BCUT2D eigenvalue weighted by atomic mass is 10.0. The number of rotatable bonds is 2. The van der Waals surface area contributed by atoms with E-state index in [9.17, 15) is 4.79 Å². The van der Waals surface area contributed by atoms with Gasteiger partial charge >= 0.3 is 0 Å². The molecule has 0 bridgehead atoms. The summed E-state index contributed by atoms with van der Waals surface area (Å²) >= 11 is 1.97. The Morgan fingerprint density at radius 2 is 2.40 bits per heavy atom. The third kappa shape index (κ3) is 2.44. The Morgan fingerprint density at radius 3 is 3.00 bits per heavy atom. The summed E-state index contributed by atoms with van der Waals surface area (Å²) in [6, 6.07) is 3.87. The topological polar surface area (TPSA) is 58.9 Å². The van der Waals surface area contributed by atoms with Gasteiger partial charge in [0.15, 0.2) is 0 Å². The van der Waals surface area contributed by atoms with Gasteiger partial charge in [0.2, 0.25) is 0 Å². The predicted molar refractivity (Wildman–Crippen MR) is 64.3 cm³/mol. The lowest BCUT2D eigenvalue weighted by molar-refractivity contribution is 0.640. The van der Waals surface area contributed by atoms with Gasteiger partial charge in [-0.15, -0.1) is 0 Å². The van der Waals surface area contributed by atoms with Gasteiger partial charge in [0.1, 0.15) is 0 Å². The van der Waals surface area contributed by atoms with Crippen LogP contribution in [0.3, 0.4) is 0 Å². The third-order valence-corrected chi connectivity index (χ3v) is 4.05. The molecule has 15 heavy (non-hydrogen) atoms. The van der Waals surface area contributed by atoms with Crippen LogP contribution in [0.2, 0.25) is 0 Å². The molecule has 1 aromatic heterocycles. The summed E-state index contributed by atoms with van der Waals surface area (Å²) in [5.74, 6) is 2.89. The quantitative estimate of drug-likeness (QED) is 0.799. The SMILES string of the molecule is NCc1ccc(C2CCCSC2)[nH]c1=O. The number of pyridine rings is 1. The van der Waals surface area contributed by atoms with Gasteiger partial charge in [0.05, 0.1) is 0 Å². The smallest absolute Gasteiger partial charge is 0.252 e. The molecule has 3 N–H and O–H groups in total. The number of nitrogens with two attached hydrogens (primary N) is 1. The lowest BCUT2D eigenvalue weighted by Gasteiger charge is -2.21. The van der Waals surface area contributed by atoms with Crippen molar-refractivity contribution in [2.75, 3.05) is 11.5 Å². The van der Waals surface area contributed by atoms with Crippen molar-refractivity contribution in [3.05, 3.63) is 33.7 Å². The van der Waals surface area contributed by atoms with E-state index in [4.69, 9.17) is 5.73 Å². The zero-order valence-corrected chi connectivity index (χ0v) is 9.48. The van der Waals surface area contributed by atoms with Crippen LogP contribution in [0.25, 0.3) is 0 Å². The fourth-order valence-corrected chi connectivity index (χ4v) is 3.07. The zero-order chi connectivity index (χ0) is 10.7. The average Bonchev–Trinajstić information content (AvgIpc) is 2.30. The van der Waals surface area contributed by atoms with Gasteiger partial charge in [0, 0.05) is 29.5 Å². The molecular formula is C11H16N2OS. The van der Waals surface area contributed by atoms with Crippen molar-refractivity contribution in [1.29, 1.82) is 0 Å². The number of H-pyrrole nitrogens is 1. The highest BCUT2D eigenvalue weighted by molar-refractivity contribution is 7.99. The van der Waals surface area contributed by atoms with Crippen LogP contribution in [-0.2, 0) is 6.54 Å². The number of thioether (sulfide) groups is 1. The van der Waals surface area contributed by atoms with E-state index in [-0.39, 0.29) is 5.56 Å². The van der Waals surface area contributed by atoms with E-state index in [0.717, 1.165) is 11.4 Å². The number of aromatic nitrogens is 1. The van der Waals surface area contributed by atoms with Crippen LogP contribution >= 0.6 is 11.8 Å². The van der Waals surface area contributed by atoms with E-state index in [2.05, 4.69) is 4.98 Å². The number of hydrogen-bond donors (Lipinski definition) is 2. The Labute approximate surface area is 93.5 Å². The molecule has 0 amide bonds. The van der Waals surface area contributed by atoms with E-state index in [1.807, 2.05) is 23.9 Å². The summed E-state index contributed by atoms with van der Waals surface area (Å²) in [5, 5.41) is 0. The minimum absolute atomic E-state index is 0.0226. The van der Waals surface area contributed by atoms with Crippen LogP contribution in [0.4, 0.5) is 0 Å². The van der Waals surface area contributed by atoms with E-state index in [1.165, 1.54) is 18.6 Å². The number of hydrogen-bond acceptors (Lipinski definition) is 3. The molecule has 1 aromatic rings. The summed E-state index contributed by atoms with van der Waals surface area (Å²) in [6.07, 6.45) is 2.43. The predicted octanol–water partition coefficient (Wildman–Crippen LogP) is 1.44. The maximum absolute atomic E-state index is 11.6. The fraction of sp³-hybridized carbons (Fsp3) is 0.545. The lowest BCUT2D eigenvalue weighted by Crippen LogP contribution is -2.20. The van der Waals surface area contributed by atoms with Crippen LogP contribution in [0.1, 0.15) is 30.0 Å². The molecule has 1 unspecified atom stereocenters. The Morgan fingerprint density at radius 1 is 1.53 bits per heavy atom. The normalized spacial score (nSPS) is 21.5. The highest BCUT2D eigenvalue weighted by atomic mass is 32.2. The first kappa shape index (κ1) is 10.8. The molecule has 1 fully saturated rings. The van der Waals surface area contributed by atoms with Crippen molar-refractivity contribution < 1.29 is 0 Å². The van der Waals surface area contributed by atoms with Crippen molar-refractivity contribution in [1.82, 2.24) is 4.98 Å². The first-order valence-electron chi connectivity index (χ1n) is 5.31. The second-order valence-corrected chi connectivity index (χ2v) is 5.04. The van der Waals surface area contributed by atoms with Crippen molar-refractivity contribution in [2.45, 2.75) is 25.3 Å². The molecule has 0 radical (unpaired) electrons. The molecule has 2 heterocycles. The second kappa shape index (κ2) is 4.86. The Balaban J connectivity index is 2.21. The van der Waals surface area contributed by atoms with Crippen molar-refractivity contribution in [3.63, 3.8) is 0 Å². The summed E-state index contributed by atoms with van der Waals surface area (Å²) in [4.78, 5) is 14.5. The molecule has 82 valence electrons. The van der Waals surface area contributed by atoms with Crippen molar-refractivity contribution in [3.8, 4) is 0 Å². The maximum atomic E-state index is 11.6. The molecule has 1 aliphatic rings. The van der Waals surface area contributed by atoms with Crippen LogP contribution in [0, 0.1) is 0 Å². The van der Waals surface area contributed by atoms with Crippen LogP contribution in [-0.4, -0.2) is 16.5 Å². The number of aromatic amines is 1. The highest BCUT2D eigenvalue weighted by Gasteiger charge is 2.16. The van der Waals surface area contributed by atoms with Crippen LogP contribution in [0.15, 0.2) is 16.9 Å². The van der Waals surface area contributed by atoms with Crippen LogP contribution < -0.4 is 11.3 Å². The molecule has 4 heteroatoms. The highest BCUT2D eigenvalue weighted by Crippen LogP contribution is 2.29. The average molecular weight is 224 g/mol. The molecule has 0 saturated carbocycles. The number of nitrogens with one attached hydrogen (secondary N) is 1. The largest absolute Gasteiger partial charge is 0.326 e. The zero-order valence-electron chi connectivity index (χ0n) is 8.66. The van der Waals surface area contributed by atoms with Gasteiger partial charge in [-0.1, -0.05) is 6.07 Å². The maximum Gasteiger partial charge on any atom is 0.252 e. The van der Waals surface area contributed by atoms with Gasteiger partial charge in [0.25, 0.3) is 5.56 Å². The van der Waals surface area contributed by atoms with Gasteiger partial charge in [-0.2, -0.15) is 11.8 Å². The molecule has 1 saturated heterocycles. The van der Waals surface area contributed by atoms with E-state index in [0.29, 0.717) is 18.0 Å². The van der Waals surface area contributed by atoms with E-state index in [1.54, 1.807) is 0 Å². The summed E-state index contributed by atoms with van der Waals surface area (Å²) in [6.45, 7) is 0.315. The van der Waals surface area contributed by atoms with Crippen molar-refractivity contribution in [2.24, 2.45) is 5.73 Å². The molecule has 3 nitrogen and oxygen atoms in total. The van der Waals surface area contributed by atoms with E-state index >= 15 is 0 Å². The summed E-state index contributed by atoms with van der Waals surface area (Å²) < 4.78 is 0. The second-order valence-electron chi connectivity index (χ2n) is 3.89. The summed E-state index contributed by atoms with van der Waals surface area (Å²) in [7, 11) is 0. The molecule has 1 atom stereocenters. The molecular weight excluding hydrogens is 208 g/mol. The van der Waals surface area contributed by atoms with Crippen LogP contribution in [0.5, 0.6) is 0 Å². The van der Waals surface area contributed by atoms with Gasteiger partial charge < -0.3 is 10.7 Å². The molecule has 2 rings (SSSR count). The van der Waals surface area contributed by atoms with Gasteiger partial charge in [-0.3, -0.25) is 4.79 Å². The summed E-state index contributed by atoms with van der Waals surface area (Å²) in [5.41, 5.74) is 7.17. The Kier molecular flexibility index (Phi) is 3.49. The minimum Gasteiger partial charge on any atom is -0.326 e. The standard InChI is InChI=1S/C11H16N2OS/c12-6-8-3-4-10(13-11(8)14)9-2-1-5-15-7-9/h3-4,9H,1-2,5-7,12H2,(H,13,14).